The minimum Gasteiger partial charge on any atom is -0.493 e. The lowest BCUT2D eigenvalue weighted by Crippen LogP contribution is -2.33. The van der Waals surface area contributed by atoms with Crippen molar-refractivity contribution in [1.29, 1.82) is 0 Å². The molecule has 2 aromatic heterocycles. The van der Waals surface area contributed by atoms with Crippen molar-refractivity contribution in [2.24, 2.45) is 0 Å². The second kappa shape index (κ2) is 8.20. The molecule has 0 saturated carbocycles. The summed E-state index contributed by atoms with van der Waals surface area (Å²) in [6, 6.07) is 5.45. The average molecular weight is 455 g/mol. The number of aliphatic hydroxyl groups is 3. The molecule has 0 unspecified atom stereocenters. The van der Waals surface area contributed by atoms with E-state index in [9.17, 15) is 28.5 Å². The Morgan fingerprint density at radius 1 is 1.09 bits per heavy atom. The van der Waals surface area contributed by atoms with Gasteiger partial charge in [-0.25, -0.2) is 9.67 Å². The van der Waals surface area contributed by atoms with E-state index in [4.69, 9.17) is 14.2 Å². The van der Waals surface area contributed by atoms with E-state index in [1.54, 1.807) is 0 Å². The molecule has 12 heteroatoms. The highest BCUT2D eigenvalue weighted by Gasteiger charge is 2.45. The van der Waals surface area contributed by atoms with E-state index in [0.29, 0.717) is 17.1 Å². The van der Waals surface area contributed by atoms with Crippen molar-refractivity contribution in [2.75, 3.05) is 20.8 Å². The zero-order valence-corrected chi connectivity index (χ0v) is 16.9. The van der Waals surface area contributed by atoms with Gasteiger partial charge in [0.2, 0.25) is 0 Å². The summed E-state index contributed by atoms with van der Waals surface area (Å²) in [5, 5.41) is 33.3. The molecule has 1 fully saturated rings. The van der Waals surface area contributed by atoms with Crippen molar-refractivity contribution in [3.8, 4) is 22.8 Å². The van der Waals surface area contributed by atoms with Crippen LogP contribution in [0.5, 0.6) is 11.5 Å². The van der Waals surface area contributed by atoms with E-state index < -0.39 is 42.9 Å². The number of benzene rings is 1. The number of halogens is 3. The lowest BCUT2D eigenvalue weighted by Gasteiger charge is -2.17. The fourth-order valence-electron chi connectivity index (χ4n) is 3.66. The number of alkyl halides is 3. The molecule has 3 heterocycles. The number of aromatic nitrogens is 3. The van der Waals surface area contributed by atoms with Crippen molar-refractivity contribution in [2.45, 2.75) is 30.7 Å². The Kier molecular flexibility index (Phi) is 5.71. The molecule has 0 radical (unpaired) electrons. The number of fused-ring (bicyclic) bond motifs is 1. The highest BCUT2D eigenvalue weighted by Crippen LogP contribution is 2.40. The van der Waals surface area contributed by atoms with Crippen LogP contribution in [0.1, 0.15) is 11.8 Å². The van der Waals surface area contributed by atoms with Gasteiger partial charge < -0.3 is 29.5 Å². The maximum Gasteiger partial charge on any atom is 0.417 e. The minimum atomic E-state index is -4.72. The lowest BCUT2D eigenvalue weighted by molar-refractivity contribution is -0.136. The van der Waals surface area contributed by atoms with Gasteiger partial charge >= 0.3 is 6.18 Å². The SMILES string of the molecule is COc1ccc(-c2cc(C(F)(F)F)c3cnn([C@@H]4O[C@H](CO)[C@@H](O)[C@H]4O)c3n2)cc1OC. The topological polar surface area (TPSA) is 119 Å². The Bertz CT molecular complexity index is 1140. The molecule has 4 atom stereocenters. The van der Waals surface area contributed by atoms with Crippen LogP contribution in [0.3, 0.4) is 0 Å². The Morgan fingerprint density at radius 3 is 2.41 bits per heavy atom. The summed E-state index contributed by atoms with van der Waals surface area (Å²) in [7, 11) is 2.83. The maximum absolute atomic E-state index is 13.9. The summed E-state index contributed by atoms with van der Waals surface area (Å²) in [5.74, 6) is 0.697. The number of methoxy groups -OCH3 is 2. The fourth-order valence-corrected chi connectivity index (χ4v) is 3.66. The molecule has 172 valence electrons. The van der Waals surface area contributed by atoms with Gasteiger partial charge in [-0.2, -0.15) is 18.3 Å². The first-order chi connectivity index (χ1) is 15.2. The molecule has 1 aromatic carbocycles. The first-order valence-electron chi connectivity index (χ1n) is 9.50. The van der Waals surface area contributed by atoms with Crippen LogP contribution in [0, 0.1) is 0 Å². The molecule has 3 aromatic rings. The molecule has 0 spiro atoms. The molecular formula is C20H20F3N3O6. The van der Waals surface area contributed by atoms with E-state index in [2.05, 4.69) is 10.1 Å². The summed E-state index contributed by atoms with van der Waals surface area (Å²) < 4.78 is 58.3. The number of hydrogen-bond donors (Lipinski definition) is 3. The second-order valence-electron chi connectivity index (χ2n) is 7.18. The van der Waals surface area contributed by atoms with Crippen LogP contribution in [0.2, 0.25) is 0 Å². The van der Waals surface area contributed by atoms with Crippen molar-refractivity contribution < 1.29 is 42.7 Å². The molecule has 3 N–H and O–H groups in total. The molecule has 9 nitrogen and oxygen atoms in total. The number of hydrogen-bond acceptors (Lipinski definition) is 8. The molecule has 1 aliphatic heterocycles. The van der Waals surface area contributed by atoms with Crippen LogP contribution in [0.15, 0.2) is 30.5 Å². The number of nitrogens with zero attached hydrogens (tertiary/aromatic N) is 3. The lowest BCUT2D eigenvalue weighted by atomic mass is 10.1. The highest BCUT2D eigenvalue weighted by molar-refractivity contribution is 5.83. The van der Waals surface area contributed by atoms with E-state index >= 15 is 0 Å². The van der Waals surface area contributed by atoms with Crippen LogP contribution < -0.4 is 9.47 Å². The van der Waals surface area contributed by atoms with Gasteiger partial charge in [0.25, 0.3) is 0 Å². The van der Waals surface area contributed by atoms with E-state index in [1.165, 1.54) is 32.4 Å². The Labute approximate surface area is 179 Å². The smallest absolute Gasteiger partial charge is 0.417 e. The van der Waals surface area contributed by atoms with Gasteiger partial charge in [0.1, 0.15) is 18.3 Å². The average Bonchev–Trinajstić information content (AvgIpc) is 3.32. The van der Waals surface area contributed by atoms with Crippen LogP contribution in [-0.2, 0) is 10.9 Å². The van der Waals surface area contributed by atoms with Gasteiger partial charge in [-0.1, -0.05) is 0 Å². The van der Waals surface area contributed by atoms with E-state index in [-0.39, 0.29) is 16.7 Å². The zero-order valence-electron chi connectivity index (χ0n) is 16.9. The molecule has 1 aliphatic rings. The van der Waals surface area contributed by atoms with Crippen LogP contribution in [0.4, 0.5) is 13.2 Å². The van der Waals surface area contributed by atoms with Crippen molar-refractivity contribution in [3.05, 3.63) is 36.0 Å². The number of aliphatic hydroxyl groups excluding tert-OH is 3. The first-order valence-corrected chi connectivity index (χ1v) is 9.50. The third-order valence-corrected chi connectivity index (χ3v) is 5.31. The summed E-state index contributed by atoms with van der Waals surface area (Å²) in [6.07, 6.45) is -9.18. The normalized spacial score (nSPS) is 23.6. The van der Waals surface area contributed by atoms with E-state index in [1.807, 2.05) is 0 Å². The summed E-state index contributed by atoms with van der Waals surface area (Å²) in [5.41, 5.74) is -0.895. The minimum absolute atomic E-state index is 0.0285. The predicted octanol–water partition coefficient (Wildman–Crippen LogP) is 1.75. The number of ether oxygens (including phenoxy) is 3. The number of pyridine rings is 1. The van der Waals surface area contributed by atoms with Gasteiger partial charge in [-0.05, 0) is 24.3 Å². The first kappa shape index (κ1) is 22.3. The maximum atomic E-state index is 13.9. The molecule has 1 saturated heterocycles. The highest BCUT2D eigenvalue weighted by atomic mass is 19.4. The van der Waals surface area contributed by atoms with Gasteiger partial charge in [0.05, 0.1) is 43.7 Å². The molecule has 32 heavy (non-hydrogen) atoms. The summed E-state index contributed by atoms with van der Waals surface area (Å²) in [6.45, 7) is -0.591. The monoisotopic (exact) mass is 455 g/mol. The molecular weight excluding hydrogens is 435 g/mol. The fraction of sp³-hybridized carbons (Fsp3) is 0.400. The Balaban J connectivity index is 1.90. The molecule has 0 bridgehead atoms. The zero-order chi connectivity index (χ0) is 23.2. The molecule has 4 rings (SSSR count). The number of rotatable bonds is 5. The Hall–Kier alpha value is -2.93. The standard InChI is InChI=1S/C20H20F3N3O6/c1-30-13-4-3-9(5-14(13)31-2)12-6-11(20(21,22)23)10-7-24-26(18(10)25-12)19-17(29)16(28)15(8-27)32-19/h3-7,15-17,19,27-29H,8H2,1-2H3/t15-,16-,17-,19-/m1/s1. The summed E-state index contributed by atoms with van der Waals surface area (Å²) in [4.78, 5) is 4.33. The third kappa shape index (κ3) is 3.64. The molecule has 0 aliphatic carbocycles. The van der Waals surface area contributed by atoms with Gasteiger partial charge in [-0.15, -0.1) is 0 Å². The quantitative estimate of drug-likeness (QED) is 0.533. The van der Waals surface area contributed by atoms with Crippen LogP contribution >= 0.6 is 0 Å². The molecule has 0 amide bonds. The van der Waals surface area contributed by atoms with Crippen molar-refractivity contribution in [3.63, 3.8) is 0 Å². The summed E-state index contributed by atoms with van der Waals surface area (Å²) >= 11 is 0. The van der Waals surface area contributed by atoms with Crippen molar-refractivity contribution >= 4 is 11.0 Å². The largest absolute Gasteiger partial charge is 0.493 e. The van der Waals surface area contributed by atoms with Gasteiger partial charge in [0.15, 0.2) is 23.4 Å². The van der Waals surface area contributed by atoms with Crippen LogP contribution in [-0.4, -0.2) is 69.2 Å². The predicted molar refractivity (Wildman–Crippen MR) is 104 cm³/mol. The Morgan fingerprint density at radius 2 is 1.81 bits per heavy atom. The van der Waals surface area contributed by atoms with E-state index in [0.717, 1.165) is 16.9 Å². The van der Waals surface area contributed by atoms with Gasteiger partial charge in [0, 0.05) is 5.56 Å². The van der Waals surface area contributed by atoms with Crippen molar-refractivity contribution in [1.82, 2.24) is 14.8 Å². The van der Waals surface area contributed by atoms with Crippen LogP contribution in [0.25, 0.3) is 22.3 Å². The second-order valence-corrected chi connectivity index (χ2v) is 7.18. The third-order valence-electron chi connectivity index (χ3n) is 5.31. The van der Waals surface area contributed by atoms with Gasteiger partial charge in [-0.3, -0.25) is 0 Å².